The molecule has 4 nitrogen and oxygen atoms in total. The molecule has 1 aromatic carbocycles. The fourth-order valence-corrected chi connectivity index (χ4v) is 2.07. The second-order valence-electron chi connectivity index (χ2n) is 4.46. The molecular formula is C14H14N4. The molecule has 3 aromatic rings. The van der Waals surface area contributed by atoms with E-state index in [1.165, 1.54) is 5.56 Å². The van der Waals surface area contributed by atoms with Crippen molar-refractivity contribution in [3.05, 3.63) is 47.8 Å². The standard InChI is InChI=1S/C14H14N4/c1-9-4-3-5-11(6-9)13-14(17-18-16-13)12-7-10(2)15-8-12/h3-8,15H,1-2H3,(H,16,17,18). The van der Waals surface area contributed by atoms with E-state index in [4.69, 9.17) is 0 Å². The first-order valence-electron chi connectivity index (χ1n) is 5.87. The Bertz CT molecular complexity index is 678. The number of aromatic amines is 2. The van der Waals surface area contributed by atoms with Crippen LogP contribution in [0.2, 0.25) is 0 Å². The minimum atomic E-state index is 0.880. The van der Waals surface area contributed by atoms with Crippen LogP contribution >= 0.6 is 0 Å². The van der Waals surface area contributed by atoms with Crippen LogP contribution in [-0.2, 0) is 0 Å². The number of H-pyrrole nitrogens is 2. The number of hydrogen-bond donors (Lipinski definition) is 2. The zero-order valence-corrected chi connectivity index (χ0v) is 10.4. The van der Waals surface area contributed by atoms with Crippen molar-refractivity contribution in [1.82, 2.24) is 20.4 Å². The molecule has 0 radical (unpaired) electrons. The predicted molar refractivity (Wildman–Crippen MR) is 71.1 cm³/mol. The monoisotopic (exact) mass is 238 g/mol. The second kappa shape index (κ2) is 4.14. The minimum Gasteiger partial charge on any atom is -0.365 e. The van der Waals surface area contributed by atoms with Gasteiger partial charge in [-0.1, -0.05) is 23.8 Å². The third-order valence-corrected chi connectivity index (χ3v) is 2.94. The Morgan fingerprint density at radius 3 is 2.39 bits per heavy atom. The van der Waals surface area contributed by atoms with E-state index in [-0.39, 0.29) is 0 Å². The lowest BCUT2D eigenvalue weighted by Gasteiger charge is -2.00. The summed E-state index contributed by atoms with van der Waals surface area (Å²) in [5.74, 6) is 0. The fourth-order valence-electron chi connectivity index (χ4n) is 2.07. The van der Waals surface area contributed by atoms with Gasteiger partial charge in [-0.2, -0.15) is 15.4 Å². The fraction of sp³-hybridized carbons (Fsp3) is 0.143. The summed E-state index contributed by atoms with van der Waals surface area (Å²) in [6, 6.07) is 10.3. The van der Waals surface area contributed by atoms with E-state index in [1.807, 2.05) is 25.3 Å². The van der Waals surface area contributed by atoms with Gasteiger partial charge < -0.3 is 4.98 Å². The number of aromatic nitrogens is 4. The quantitative estimate of drug-likeness (QED) is 0.720. The number of nitrogens with one attached hydrogen (secondary N) is 2. The Hall–Kier alpha value is -2.36. The van der Waals surface area contributed by atoms with Crippen molar-refractivity contribution in [2.24, 2.45) is 0 Å². The molecule has 90 valence electrons. The molecule has 2 N–H and O–H groups in total. The lowest BCUT2D eigenvalue weighted by molar-refractivity contribution is 0.944. The summed E-state index contributed by atoms with van der Waals surface area (Å²) in [7, 11) is 0. The van der Waals surface area contributed by atoms with Gasteiger partial charge in [0.1, 0.15) is 11.4 Å². The van der Waals surface area contributed by atoms with E-state index in [0.29, 0.717) is 0 Å². The van der Waals surface area contributed by atoms with Gasteiger partial charge in [0.05, 0.1) is 0 Å². The van der Waals surface area contributed by atoms with Crippen LogP contribution in [0.1, 0.15) is 11.3 Å². The van der Waals surface area contributed by atoms with E-state index < -0.39 is 0 Å². The van der Waals surface area contributed by atoms with Gasteiger partial charge >= 0.3 is 0 Å². The van der Waals surface area contributed by atoms with Gasteiger partial charge in [-0.3, -0.25) is 0 Å². The molecular weight excluding hydrogens is 224 g/mol. The zero-order chi connectivity index (χ0) is 12.5. The maximum Gasteiger partial charge on any atom is 0.122 e. The van der Waals surface area contributed by atoms with Crippen LogP contribution in [0, 0.1) is 13.8 Å². The molecule has 4 heteroatoms. The van der Waals surface area contributed by atoms with Gasteiger partial charge in [-0.05, 0) is 26.0 Å². The van der Waals surface area contributed by atoms with Gasteiger partial charge in [0, 0.05) is 23.0 Å². The molecule has 2 heterocycles. The average molecular weight is 238 g/mol. The highest BCUT2D eigenvalue weighted by Gasteiger charge is 2.13. The van der Waals surface area contributed by atoms with Gasteiger partial charge in [0.2, 0.25) is 0 Å². The van der Waals surface area contributed by atoms with Crippen molar-refractivity contribution < 1.29 is 0 Å². The highest BCUT2D eigenvalue weighted by atomic mass is 15.3. The Labute approximate surface area is 105 Å². The van der Waals surface area contributed by atoms with Gasteiger partial charge in [-0.25, -0.2) is 0 Å². The van der Waals surface area contributed by atoms with Crippen LogP contribution in [0.3, 0.4) is 0 Å². The molecule has 0 spiro atoms. The van der Waals surface area contributed by atoms with Gasteiger partial charge in [-0.15, -0.1) is 0 Å². The molecule has 0 aliphatic carbocycles. The number of rotatable bonds is 2. The number of nitrogens with zero attached hydrogens (tertiary/aromatic N) is 2. The number of benzene rings is 1. The lowest BCUT2D eigenvalue weighted by atomic mass is 10.1. The smallest absolute Gasteiger partial charge is 0.122 e. The van der Waals surface area contributed by atoms with E-state index in [1.54, 1.807) is 0 Å². The Morgan fingerprint density at radius 2 is 1.72 bits per heavy atom. The number of aryl methyl sites for hydroxylation is 2. The molecule has 3 rings (SSSR count). The summed E-state index contributed by atoms with van der Waals surface area (Å²) in [5.41, 5.74) is 6.23. The van der Waals surface area contributed by atoms with E-state index in [2.05, 4.69) is 45.5 Å². The second-order valence-corrected chi connectivity index (χ2v) is 4.46. The average Bonchev–Trinajstić information content (AvgIpc) is 2.96. The summed E-state index contributed by atoms with van der Waals surface area (Å²) in [4.78, 5) is 3.17. The van der Waals surface area contributed by atoms with Crippen LogP contribution in [0.25, 0.3) is 22.5 Å². The maximum absolute atomic E-state index is 4.26. The first-order chi connectivity index (χ1) is 8.74. The predicted octanol–water partition coefficient (Wildman–Crippen LogP) is 3.08. The van der Waals surface area contributed by atoms with E-state index in [9.17, 15) is 0 Å². The number of hydrogen-bond acceptors (Lipinski definition) is 2. The first kappa shape index (κ1) is 10.8. The topological polar surface area (TPSA) is 57.4 Å². The van der Waals surface area contributed by atoms with Crippen LogP contribution in [0.5, 0.6) is 0 Å². The van der Waals surface area contributed by atoms with Crippen LogP contribution in [-0.4, -0.2) is 20.4 Å². The molecule has 0 saturated heterocycles. The summed E-state index contributed by atoms with van der Waals surface area (Å²) >= 11 is 0. The summed E-state index contributed by atoms with van der Waals surface area (Å²) < 4.78 is 0. The van der Waals surface area contributed by atoms with Crippen molar-refractivity contribution >= 4 is 0 Å². The molecule has 0 fully saturated rings. The van der Waals surface area contributed by atoms with E-state index in [0.717, 1.165) is 28.2 Å². The summed E-state index contributed by atoms with van der Waals surface area (Å²) in [6.07, 6.45) is 1.95. The van der Waals surface area contributed by atoms with E-state index >= 15 is 0 Å². The zero-order valence-electron chi connectivity index (χ0n) is 10.4. The molecule has 0 atom stereocenters. The van der Waals surface area contributed by atoms with Crippen molar-refractivity contribution in [2.75, 3.05) is 0 Å². The molecule has 0 aliphatic rings. The van der Waals surface area contributed by atoms with Crippen LogP contribution < -0.4 is 0 Å². The minimum absolute atomic E-state index is 0.880. The maximum atomic E-state index is 4.26. The first-order valence-corrected chi connectivity index (χ1v) is 5.87. The van der Waals surface area contributed by atoms with Gasteiger partial charge in [0.15, 0.2) is 0 Å². The van der Waals surface area contributed by atoms with Crippen molar-refractivity contribution in [3.63, 3.8) is 0 Å². The highest BCUT2D eigenvalue weighted by Crippen LogP contribution is 2.28. The van der Waals surface area contributed by atoms with Crippen LogP contribution in [0.4, 0.5) is 0 Å². The normalized spacial score (nSPS) is 10.8. The summed E-state index contributed by atoms with van der Waals surface area (Å²) in [5, 5.41) is 11.2. The summed E-state index contributed by atoms with van der Waals surface area (Å²) in [6.45, 7) is 4.10. The molecule has 18 heavy (non-hydrogen) atoms. The highest BCUT2D eigenvalue weighted by molar-refractivity contribution is 5.77. The molecule has 0 saturated carbocycles. The van der Waals surface area contributed by atoms with Crippen molar-refractivity contribution in [1.29, 1.82) is 0 Å². The van der Waals surface area contributed by atoms with Crippen LogP contribution in [0.15, 0.2) is 36.5 Å². The molecule has 0 aliphatic heterocycles. The molecule has 0 unspecified atom stereocenters. The Kier molecular flexibility index (Phi) is 2.48. The Balaban J connectivity index is 2.12. The molecule has 0 bridgehead atoms. The SMILES string of the molecule is Cc1cccc(-c2n[nH]nc2-c2c[nH]c(C)c2)c1. The Morgan fingerprint density at radius 1 is 0.944 bits per heavy atom. The molecule has 0 amide bonds. The van der Waals surface area contributed by atoms with Crippen molar-refractivity contribution in [3.8, 4) is 22.5 Å². The van der Waals surface area contributed by atoms with Crippen molar-refractivity contribution in [2.45, 2.75) is 13.8 Å². The third-order valence-electron chi connectivity index (χ3n) is 2.94. The lowest BCUT2D eigenvalue weighted by Crippen LogP contribution is -1.83. The van der Waals surface area contributed by atoms with Gasteiger partial charge in [0.25, 0.3) is 0 Å². The largest absolute Gasteiger partial charge is 0.365 e. The third kappa shape index (κ3) is 1.82. The molecule has 2 aromatic heterocycles.